The minimum absolute atomic E-state index is 0.353. The number of carbonyl (C=O) groups is 1. The first-order valence-electron chi connectivity index (χ1n) is 4.13. The molecule has 14 heavy (non-hydrogen) atoms. The van der Waals surface area contributed by atoms with Crippen molar-refractivity contribution in [3.05, 3.63) is 28.2 Å². The van der Waals surface area contributed by atoms with Gasteiger partial charge in [0.25, 0.3) is 0 Å². The van der Waals surface area contributed by atoms with Crippen LogP contribution in [-0.4, -0.2) is 12.6 Å². The molecule has 3 N–H and O–H groups in total. The minimum atomic E-state index is -0.364. The number of benzene rings is 1. The molecule has 1 aromatic rings. The van der Waals surface area contributed by atoms with Crippen molar-refractivity contribution in [1.82, 2.24) is 0 Å². The molecule has 0 heterocycles. The third kappa shape index (κ3) is 2.24. The van der Waals surface area contributed by atoms with Gasteiger partial charge >= 0.3 is 5.97 Å². The Morgan fingerprint density at radius 3 is 2.93 bits per heavy atom. The van der Waals surface area contributed by atoms with Gasteiger partial charge in [0.15, 0.2) is 0 Å². The summed E-state index contributed by atoms with van der Waals surface area (Å²) in [6.07, 6.45) is 0. The number of rotatable bonds is 3. The molecule has 0 spiro atoms. The lowest BCUT2D eigenvalue weighted by atomic mass is 10.2. The molecule has 0 amide bonds. The van der Waals surface area contributed by atoms with Crippen LogP contribution < -0.4 is 11.3 Å². The lowest BCUT2D eigenvalue weighted by Gasteiger charge is -2.07. The van der Waals surface area contributed by atoms with Crippen LogP contribution in [0, 0.1) is 0 Å². The number of esters is 1. The second-order valence-electron chi connectivity index (χ2n) is 2.53. The summed E-state index contributed by atoms with van der Waals surface area (Å²) in [4.78, 5) is 11.4. The smallest absolute Gasteiger partial charge is 0.339 e. The van der Waals surface area contributed by atoms with Crippen molar-refractivity contribution in [2.45, 2.75) is 6.92 Å². The van der Waals surface area contributed by atoms with Crippen LogP contribution in [0.3, 0.4) is 0 Å². The molecule has 0 aliphatic carbocycles. The molecule has 1 rings (SSSR count). The highest BCUT2D eigenvalue weighted by atomic mass is 79.9. The van der Waals surface area contributed by atoms with Crippen LogP contribution in [0.5, 0.6) is 0 Å². The number of nitrogens with one attached hydrogen (secondary N) is 1. The molecule has 0 saturated carbocycles. The number of anilines is 1. The number of hydrazine groups is 1. The number of ether oxygens (including phenoxy) is 1. The maximum absolute atomic E-state index is 11.4. The van der Waals surface area contributed by atoms with Gasteiger partial charge in [-0.1, -0.05) is 6.07 Å². The predicted molar refractivity (Wildman–Crippen MR) is 57.9 cm³/mol. The van der Waals surface area contributed by atoms with E-state index in [-0.39, 0.29) is 5.97 Å². The Morgan fingerprint density at radius 1 is 1.64 bits per heavy atom. The average Bonchev–Trinajstić information content (AvgIpc) is 2.18. The van der Waals surface area contributed by atoms with Gasteiger partial charge in [0.1, 0.15) is 0 Å². The molecule has 0 aliphatic heterocycles. The van der Waals surface area contributed by atoms with Crippen molar-refractivity contribution in [1.29, 1.82) is 0 Å². The van der Waals surface area contributed by atoms with Gasteiger partial charge in [0, 0.05) is 0 Å². The fraction of sp³-hybridized carbons (Fsp3) is 0.222. The van der Waals surface area contributed by atoms with Gasteiger partial charge in [-0.25, -0.2) is 4.79 Å². The third-order valence-electron chi connectivity index (χ3n) is 1.65. The van der Waals surface area contributed by atoms with E-state index in [4.69, 9.17) is 10.6 Å². The number of halogens is 1. The predicted octanol–water partition coefficient (Wildman–Crippen LogP) is 1.91. The molecule has 1 aromatic carbocycles. The van der Waals surface area contributed by atoms with Crippen LogP contribution in [0.25, 0.3) is 0 Å². The Kier molecular flexibility index (Phi) is 3.91. The minimum Gasteiger partial charge on any atom is -0.462 e. The van der Waals surface area contributed by atoms with Crippen molar-refractivity contribution >= 4 is 27.6 Å². The van der Waals surface area contributed by atoms with E-state index in [1.165, 1.54) is 0 Å². The van der Waals surface area contributed by atoms with Crippen molar-refractivity contribution in [2.75, 3.05) is 12.0 Å². The zero-order valence-corrected chi connectivity index (χ0v) is 9.30. The summed E-state index contributed by atoms with van der Waals surface area (Å²) in [7, 11) is 0. The first kappa shape index (κ1) is 11.0. The van der Waals surface area contributed by atoms with E-state index in [0.717, 1.165) is 0 Å². The molecule has 0 fully saturated rings. The molecular formula is C9H11BrN2O2. The number of nitrogens with two attached hydrogens (primary N) is 1. The molecule has 0 bridgehead atoms. The van der Waals surface area contributed by atoms with Gasteiger partial charge in [-0.05, 0) is 35.0 Å². The lowest BCUT2D eigenvalue weighted by Crippen LogP contribution is -2.11. The van der Waals surface area contributed by atoms with E-state index in [2.05, 4.69) is 21.4 Å². The molecule has 0 aliphatic rings. The molecule has 5 heteroatoms. The van der Waals surface area contributed by atoms with E-state index < -0.39 is 0 Å². The second kappa shape index (κ2) is 4.97. The number of hydrogen-bond acceptors (Lipinski definition) is 4. The lowest BCUT2D eigenvalue weighted by molar-refractivity contribution is 0.0525. The summed E-state index contributed by atoms with van der Waals surface area (Å²) >= 11 is 3.27. The topological polar surface area (TPSA) is 64.3 Å². The second-order valence-corrected chi connectivity index (χ2v) is 3.32. The van der Waals surface area contributed by atoms with Gasteiger partial charge in [0.2, 0.25) is 0 Å². The van der Waals surface area contributed by atoms with E-state index >= 15 is 0 Å². The molecular weight excluding hydrogens is 248 g/mol. The van der Waals surface area contributed by atoms with Crippen LogP contribution in [0.15, 0.2) is 22.7 Å². The Balaban J connectivity index is 3.03. The molecule has 0 atom stereocenters. The number of carbonyl (C=O) groups excluding carboxylic acids is 1. The third-order valence-corrected chi connectivity index (χ3v) is 2.50. The highest BCUT2D eigenvalue weighted by molar-refractivity contribution is 9.10. The largest absolute Gasteiger partial charge is 0.462 e. The van der Waals surface area contributed by atoms with E-state index in [1.54, 1.807) is 25.1 Å². The van der Waals surface area contributed by atoms with E-state index in [0.29, 0.717) is 22.3 Å². The fourth-order valence-electron chi connectivity index (χ4n) is 1.01. The standard InChI is InChI=1S/C9H11BrN2O2/c1-2-14-9(13)6-4-3-5-7(12-11)8(6)10/h3-5,12H,2,11H2,1H3. The summed E-state index contributed by atoms with van der Waals surface area (Å²) in [5.74, 6) is 4.90. The maximum atomic E-state index is 11.4. The summed E-state index contributed by atoms with van der Waals surface area (Å²) in [5, 5.41) is 0. The highest BCUT2D eigenvalue weighted by Gasteiger charge is 2.12. The van der Waals surface area contributed by atoms with Crippen LogP contribution in [-0.2, 0) is 4.74 Å². The molecule has 76 valence electrons. The van der Waals surface area contributed by atoms with E-state index in [9.17, 15) is 4.79 Å². The summed E-state index contributed by atoms with van der Waals surface area (Å²) < 4.78 is 5.48. The van der Waals surface area contributed by atoms with Crippen molar-refractivity contribution < 1.29 is 9.53 Å². The van der Waals surface area contributed by atoms with Gasteiger partial charge < -0.3 is 10.2 Å². The van der Waals surface area contributed by atoms with E-state index in [1.807, 2.05) is 0 Å². The zero-order valence-electron chi connectivity index (χ0n) is 7.71. The Labute approximate surface area is 90.5 Å². The first-order valence-corrected chi connectivity index (χ1v) is 4.92. The quantitative estimate of drug-likeness (QED) is 0.494. The zero-order chi connectivity index (χ0) is 10.6. The number of nitrogen functional groups attached to an aromatic ring is 1. The SMILES string of the molecule is CCOC(=O)c1cccc(NN)c1Br. The molecule has 0 radical (unpaired) electrons. The van der Waals surface area contributed by atoms with Crippen LogP contribution >= 0.6 is 15.9 Å². The average molecular weight is 259 g/mol. The Hall–Kier alpha value is -1.07. The summed E-state index contributed by atoms with van der Waals surface area (Å²) in [5.41, 5.74) is 3.59. The summed E-state index contributed by atoms with van der Waals surface area (Å²) in [6.45, 7) is 2.11. The van der Waals surface area contributed by atoms with Crippen molar-refractivity contribution in [3.63, 3.8) is 0 Å². The molecule has 0 saturated heterocycles. The maximum Gasteiger partial charge on any atom is 0.339 e. The normalized spacial score (nSPS) is 9.64. The first-order chi connectivity index (χ1) is 6.70. The van der Waals surface area contributed by atoms with Gasteiger partial charge in [0.05, 0.1) is 22.3 Å². The van der Waals surface area contributed by atoms with Gasteiger partial charge in [-0.2, -0.15) is 0 Å². The highest BCUT2D eigenvalue weighted by Crippen LogP contribution is 2.26. The monoisotopic (exact) mass is 258 g/mol. The summed E-state index contributed by atoms with van der Waals surface area (Å²) in [6, 6.07) is 5.15. The van der Waals surface area contributed by atoms with Crippen molar-refractivity contribution in [3.8, 4) is 0 Å². The number of hydrogen-bond donors (Lipinski definition) is 2. The van der Waals surface area contributed by atoms with Crippen LogP contribution in [0.2, 0.25) is 0 Å². The Bertz CT molecular complexity index is 342. The molecule has 0 aromatic heterocycles. The molecule has 0 unspecified atom stereocenters. The van der Waals surface area contributed by atoms with Crippen LogP contribution in [0.4, 0.5) is 5.69 Å². The van der Waals surface area contributed by atoms with Gasteiger partial charge in [-0.15, -0.1) is 0 Å². The Morgan fingerprint density at radius 2 is 2.36 bits per heavy atom. The molecule has 4 nitrogen and oxygen atoms in total. The van der Waals surface area contributed by atoms with Crippen molar-refractivity contribution in [2.24, 2.45) is 5.84 Å². The fourth-order valence-corrected chi connectivity index (χ4v) is 1.55. The van der Waals surface area contributed by atoms with Gasteiger partial charge in [-0.3, -0.25) is 5.84 Å². The van der Waals surface area contributed by atoms with Crippen LogP contribution in [0.1, 0.15) is 17.3 Å².